The normalized spacial score (nSPS) is 12.6. The first-order chi connectivity index (χ1) is 3.71. The Morgan fingerprint density at radius 1 is 0.700 bits per heavy atom. The van der Waals surface area contributed by atoms with Crippen LogP contribution >= 0.6 is 0 Å². The van der Waals surface area contributed by atoms with Crippen molar-refractivity contribution >= 4 is 16.5 Å². The molecule has 56 valence electrons. The maximum atomic E-state index is 3.74. The summed E-state index contributed by atoms with van der Waals surface area (Å²) < 4.78 is 3.74. The fourth-order valence-corrected chi connectivity index (χ4v) is 10.1. The molecule has 0 spiro atoms. The third kappa shape index (κ3) is 12.1. The van der Waals surface area contributed by atoms with Gasteiger partial charge in [0.05, 0.1) is 0 Å². The maximum absolute atomic E-state index is 3.74. The third-order valence-corrected chi connectivity index (χ3v) is 6.75. The Balaban J connectivity index is 0. The number of hydrogen-bond donors (Lipinski definition) is 1. The van der Waals surface area contributed by atoms with E-state index in [2.05, 4.69) is 43.9 Å². The number of hydrogen-bond acceptors (Lipinski definition) is 1. The van der Waals surface area contributed by atoms with E-state index in [1.807, 2.05) is 0 Å². The Morgan fingerprint density at radius 3 is 0.900 bits per heavy atom. The number of rotatable bonds is 2. The molecule has 0 saturated heterocycles. The summed E-state index contributed by atoms with van der Waals surface area (Å²) in [5, 5.41) is 0. The number of nitrogens with one attached hydrogen (secondary N) is 1. The molecule has 0 aliphatic rings. The smallest absolute Gasteiger partial charge is 0.360 e. The summed E-state index contributed by atoms with van der Waals surface area (Å²) in [6, 6.07) is 0. The first-order valence-corrected chi connectivity index (χ1v) is 10.5. The zero-order chi connectivity index (χ0) is 7.71. The molecule has 0 aromatic heterocycles. The summed E-state index contributed by atoms with van der Waals surface area (Å²) in [6.07, 6.45) is 0. The van der Waals surface area contributed by atoms with Gasteiger partial charge in [0.15, 0.2) is 0 Å². The van der Waals surface area contributed by atoms with Crippen LogP contribution in [-0.2, 0) is 0 Å². The van der Waals surface area contributed by atoms with Crippen molar-refractivity contribution < 1.29 is 29.6 Å². The molecule has 0 fully saturated rings. The standard InChI is InChI=1S/C6H19NSi2.Na/c1-8(2,3)7-9(4,5)6;/h7H,1-6H3;/q;+1. The second-order valence-electron chi connectivity index (χ2n) is 4.62. The summed E-state index contributed by atoms with van der Waals surface area (Å²) in [5.41, 5.74) is 0. The molecule has 0 aliphatic carbocycles. The maximum Gasteiger partial charge on any atom is 1.00 e. The van der Waals surface area contributed by atoms with Gasteiger partial charge in [-0.25, -0.2) is 0 Å². The van der Waals surface area contributed by atoms with Crippen LogP contribution in [0.4, 0.5) is 0 Å². The van der Waals surface area contributed by atoms with E-state index in [-0.39, 0.29) is 29.6 Å². The summed E-state index contributed by atoms with van der Waals surface area (Å²) in [4.78, 5) is 0. The van der Waals surface area contributed by atoms with E-state index in [0.29, 0.717) is 0 Å². The SMILES string of the molecule is C[Si](C)(C)N[Si](C)(C)C.[Na+]. The molecule has 0 aliphatic heterocycles. The van der Waals surface area contributed by atoms with Crippen LogP contribution in [-0.4, -0.2) is 16.5 Å². The topological polar surface area (TPSA) is 12.0 Å². The van der Waals surface area contributed by atoms with Gasteiger partial charge in [0.25, 0.3) is 0 Å². The van der Waals surface area contributed by atoms with Gasteiger partial charge in [-0.05, 0) is 0 Å². The minimum atomic E-state index is -0.981. The molecule has 10 heavy (non-hydrogen) atoms. The first kappa shape index (κ1) is 13.9. The Hall–Kier alpha value is 1.39. The van der Waals surface area contributed by atoms with Gasteiger partial charge in [0, 0.05) is 0 Å². The Morgan fingerprint density at radius 2 is 0.900 bits per heavy atom. The van der Waals surface area contributed by atoms with Crippen LogP contribution in [0.5, 0.6) is 0 Å². The van der Waals surface area contributed by atoms with Gasteiger partial charge < -0.3 is 4.65 Å². The van der Waals surface area contributed by atoms with Crippen LogP contribution in [0.2, 0.25) is 39.3 Å². The third-order valence-electron chi connectivity index (χ3n) is 0.750. The van der Waals surface area contributed by atoms with Gasteiger partial charge in [-0.1, -0.05) is 39.3 Å². The fourth-order valence-electron chi connectivity index (χ4n) is 1.12. The zero-order valence-corrected chi connectivity index (χ0v) is 12.5. The van der Waals surface area contributed by atoms with Crippen LogP contribution in [0.3, 0.4) is 0 Å². The summed E-state index contributed by atoms with van der Waals surface area (Å²) >= 11 is 0. The monoisotopic (exact) mass is 184 g/mol. The van der Waals surface area contributed by atoms with Crippen molar-refractivity contribution in [2.75, 3.05) is 0 Å². The minimum absolute atomic E-state index is 0. The van der Waals surface area contributed by atoms with Crippen LogP contribution in [0.15, 0.2) is 0 Å². The van der Waals surface area contributed by atoms with E-state index in [9.17, 15) is 0 Å². The minimum Gasteiger partial charge on any atom is -0.360 e. The summed E-state index contributed by atoms with van der Waals surface area (Å²) in [6.45, 7) is 14.1. The van der Waals surface area contributed by atoms with Gasteiger partial charge in [-0.2, -0.15) is 0 Å². The quantitative estimate of drug-likeness (QED) is 0.557. The Labute approximate surface area is 89.4 Å². The average Bonchev–Trinajstić information content (AvgIpc) is 1.14. The van der Waals surface area contributed by atoms with Crippen LogP contribution < -0.4 is 34.2 Å². The molecule has 0 amide bonds. The molecular formula is C6H19NNaSi2+. The van der Waals surface area contributed by atoms with E-state index in [1.165, 1.54) is 0 Å². The van der Waals surface area contributed by atoms with Crippen molar-refractivity contribution in [2.24, 2.45) is 0 Å². The Kier molecular flexibility index (Phi) is 6.18. The van der Waals surface area contributed by atoms with Crippen molar-refractivity contribution in [1.82, 2.24) is 4.65 Å². The van der Waals surface area contributed by atoms with Gasteiger partial charge >= 0.3 is 29.6 Å². The molecule has 0 radical (unpaired) electrons. The van der Waals surface area contributed by atoms with Gasteiger partial charge in [0.1, 0.15) is 16.5 Å². The van der Waals surface area contributed by atoms with Crippen molar-refractivity contribution in [2.45, 2.75) is 39.3 Å². The van der Waals surface area contributed by atoms with Crippen molar-refractivity contribution in [1.29, 1.82) is 0 Å². The van der Waals surface area contributed by atoms with E-state index in [1.54, 1.807) is 0 Å². The van der Waals surface area contributed by atoms with Crippen LogP contribution in [0.25, 0.3) is 0 Å². The molecule has 0 saturated carbocycles. The van der Waals surface area contributed by atoms with Gasteiger partial charge in [-0.15, -0.1) is 0 Å². The summed E-state index contributed by atoms with van der Waals surface area (Å²) in [5.74, 6) is 0. The zero-order valence-electron chi connectivity index (χ0n) is 8.50. The average molecular weight is 184 g/mol. The van der Waals surface area contributed by atoms with E-state index in [0.717, 1.165) is 0 Å². The summed E-state index contributed by atoms with van der Waals surface area (Å²) in [7, 11) is -1.96. The molecule has 0 heterocycles. The largest absolute Gasteiger partial charge is 1.00 e. The van der Waals surface area contributed by atoms with Crippen LogP contribution in [0.1, 0.15) is 0 Å². The molecule has 1 N–H and O–H groups in total. The molecule has 1 nitrogen and oxygen atoms in total. The predicted octanol–water partition coefficient (Wildman–Crippen LogP) is -0.750. The molecule has 0 unspecified atom stereocenters. The Bertz CT molecular complexity index is 80.9. The molecular weight excluding hydrogens is 165 g/mol. The van der Waals surface area contributed by atoms with Crippen molar-refractivity contribution in [3.05, 3.63) is 0 Å². The molecule has 0 rings (SSSR count). The second kappa shape index (κ2) is 4.43. The van der Waals surface area contributed by atoms with E-state index >= 15 is 0 Å². The van der Waals surface area contributed by atoms with Crippen molar-refractivity contribution in [3.8, 4) is 0 Å². The van der Waals surface area contributed by atoms with E-state index in [4.69, 9.17) is 0 Å². The molecule has 0 aromatic rings. The van der Waals surface area contributed by atoms with Gasteiger partial charge in [0.2, 0.25) is 0 Å². The van der Waals surface area contributed by atoms with Crippen LogP contribution in [0, 0.1) is 0 Å². The van der Waals surface area contributed by atoms with Gasteiger partial charge in [-0.3, -0.25) is 0 Å². The van der Waals surface area contributed by atoms with E-state index < -0.39 is 16.5 Å². The molecule has 0 aromatic carbocycles. The predicted molar refractivity (Wildman–Crippen MR) is 49.8 cm³/mol. The van der Waals surface area contributed by atoms with Crippen molar-refractivity contribution in [3.63, 3.8) is 0 Å². The molecule has 0 bridgehead atoms. The fraction of sp³-hybridized carbons (Fsp3) is 1.00. The molecule has 4 heteroatoms. The molecule has 0 atom stereocenters. The first-order valence-electron chi connectivity index (χ1n) is 3.50. The second-order valence-corrected chi connectivity index (χ2v) is 14.6.